The Kier molecular flexibility index (Phi) is 8.15. The van der Waals surface area contributed by atoms with Crippen LogP contribution in [0.15, 0.2) is 108 Å². The number of carbonyl (C=O) groups excluding carboxylic acids is 1. The number of thiazole rings is 1. The number of nitrogens with one attached hydrogen (secondary N) is 2. The number of sulfonamides is 1. The Hall–Kier alpha value is -4.06. The molecule has 3 heterocycles. The van der Waals surface area contributed by atoms with Gasteiger partial charge in [-0.15, -0.1) is 22.7 Å². The van der Waals surface area contributed by atoms with Gasteiger partial charge in [0.25, 0.3) is 15.9 Å². The van der Waals surface area contributed by atoms with Crippen LogP contribution >= 0.6 is 34.3 Å². The minimum absolute atomic E-state index is 0.0766. The molecule has 0 saturated heterocycles. The summed E-state index contributed by atoms with van der Waals surface area (Å²) in [5, 5.41) is 5.22. The number of aromatic nitrogens is 1. The first-order valence-corrected chi connectivity index (χ1v) is 17.8. The summed E-state index contributed by atoms with van der Waals surface area (Å²) in [6.45, 7) is 2.54. The predicted molar refractivity (Wildman–Crippen MR) is 184 cm³/mol. The number of para-hydroxylation sites is 1. The molecule has 0 spiro atoms. The summed E-state index contributed by atoms with van der Waals surface area (Å²) in [4.78, 5) is 22.4. The van der Waals surface area contributed by atoms with Gasteiger partial charge in [0, 0.05) is 46.3 Å². The highest BCUT2D eigenvalue weighted by Crippen LogP contribution is 2.46. The molecular formula is C34H27ClN4O3S3. The minimum atomic E-state index is -3.87. The summed E-state index contributed by atoms with van der Waals surface area (Å²) in [7, 11) is -3.87. The first-order chi connectivity index (χ1) is 21.8. The van der Waals surface area contributed by atoms with Crippen LogP contribution in [-0.2, 0) is 29.5 Å². The van der Waals surface area contributed by atoms with Crippen LogP contribution in [0.2, 0.25) is 5.02 Å². The van der Waals surface area contributed by atoms with E-state index in [1.54, 1.807) is 40.9 Å². The van der Waals surface area contributed by atoms with Crippen LogP contribution in [0.5, 0.6) is 0 Å². The summed E-state index contributed by atoms with van der Waals surface area (Å²) in [6, 6.07) is 30.9. The molecule has 7 rings (SSSR count). The molecule has 0 radical (unpaired) electrons. The molecule has 4 aromatic carbocycles. The van der Waals surface area contributed by atoms with E-state index in [0.717, 1.165) is 51.8 Å². The number of thiophene rings is 1. The number of rotatable bonds is 8. The van der Waals surface area contributed by atoms with Gasteiger partial charge in [-0.25, -0.2) is 13.4 Å². The monoisotopic (exact) mass is 670 g/mol. The van der Waals surface area contributed by atoms with Crippen molar-refractivity contribution >= 4 is 71.1 Å². The van der Waals surface area contributed by atoms with Gasteiger partial charge in [-0.2, -0.15) is 0 Å². The molecule has 45 heavy (non-hydrogen) atoms. The van der Waals surface area contributed by atoms with Crippen molar-refractivity contribution in [2.45, 2.75) is 24.4 Å². The maximum atomic E-state index is 13.7. The summed E-state index contributed by atoms with van der Waals surface area (Å²) < 4.78 is 29.6. The zero-order valence-electron chi connectivity index (χ0n) is 23.9. The number of nitrogens with zero attached hydrogens (tertiary/aromatic N) is 2. The van der Waals surface area contributed by atoms with Crippen LogP contribution < -0.4 is 10.0 Å². The Morgan fingerprint density at radius 3 is 2.49 bits per heavy atom. The standard InChI is InChI=1S/C34H27ClN4O3S3/c35-24-13-15-26(16-14-24)45(41,42)38-25-10-6-9-23(19-25)32(40)37-34-31(33-36-28-11-4-5-12-29(28)43-33)27-17-18-39(21-30(27)44-34)20-22-7-2-1-3-8-22/h1-16,19,38H,17-18,20-21H2,(H,37,40). The van der Waals surface area contributed by atoms with Gasteiger partial charge in [-0.05, 0) is 72.1 Å². The van der Waals surface area contributed by atoms with Crippen molar-refractivity contribution in [3.63, 3.8) is 0 Å². The van der Waals surface area contributed by atoms with E-state index in [4.69, 9.17) is 16.6 Å². The number of halogens is 1. The maximum Gasteiger partial charge on any atom is 0.261 e. The van der Waals surface area contributed by atoms with Crippen molar-refractivity contribution in [2.75, 3.05) is 16.6 Å². The number of hydrogen-bond donors (Lipinski definition) is 2. The Bertz CT molecular complexity index is 2090. The van der Waals surface area contributed by atoms with Gasteiger partial charge in [-0.3, -0.25) is 14.4 Å². The van der Waals surface area contributed by atoms with Crippen LogP contribution in [0, 0.1) is 0 Å². The van der Waals surface area contributed by atoms with Crippen LogP contribution in [0.25, 0.3) is 20.8 Å². The number of amides is 1. The molecule has 0 atom stereocenters. The molecule has 0 aliphatic carbocycles. The van der Waals surface area contributed by atoms with Gasteiger partial charge < -0.3 is 5.32 Å². The smallest absolute Gasteiger partial charge is 0.261 e. The summed E-state index contributed by atoms with van der Waals surface area (Å²) in [6.07, 6.45) is 0.849. The lowest BCUT2D eigenvalue weighted by atomic mass is 10.0. The van der Waals surface area contributed by atoms with Crippen molar-refractivity contribution in [3.05, 3.63) is 130 Å². The molecule has 11 heteroatoms. The third-order valence-corrected chi connectivity index (χ3v) is 11.5. The first-order valence-electron chi connectivity index (χ1n) is 14.3. The molecule has 2 aromatic heterocycles. The fourth-order valence-corrected chi connectivity index (χ4v) is 9.02. The third-order valence-electron chi connectivity index (χ3n) is 7.62. The highest BCUT2D eigenvalue weighted by Gasteiger charge is 2.28. The van der Waals surface area contributed by atoms with E-state index in [1.165, 1.54) is 46.3 Å². The second-order valence-corrected chi connectivity index (χ2v) is 15.0. The normalized spacial score (nSPS) is 13.4. The zero-order valence-corrected chi connectivity index (χ0v) is 27.1. The van der Waals surface area contributed by atoms with E-state index in [-0.39, 0.29) is 16.5 Å². The van der Waals surface area contributed by atoms with Crippen molar-refractivity contribution in [1.29, 1.82) is 0 Å². The molecule has 1 aliphatic rings. The number of anilines is 2. The quantitative estimate of drug-likeness (QED) is 0.170. The van der Waals surface area contributed by atoms with Gasteiger partial charge in [0.1, 0.15) is 10.0 Å². The fraction of sp³-hybridized carbons (Fsp3) is 0.118. The predicted octanol–water partition coefficient (Wildman–Crippen LogP) is 8.29. The molecule has 2 N–H and O–H groups in total. The second-order valence-electron chi connectivity index (χ2n) is 10.7. The van der Waals surface area contributed by atoms with Crippen molar-refractivity contribution < 1.29 is 13.2 Å². The molecular weight excluding hydrogens is 644 g/mol. The van der Waals surface area contributed by atoms with Gasteiger partial charge in [0.15, 0.2) is 0 Å². The number of benzene rings is 4. The van der Waals surface area contributed by atoms with Gasteiger partial charge in [0.05, 0.1) is 15.1 Å². The van der Waals surface area contributed by atoms with E-state index >= 15 is 0 Å². The molecule has 1 aliphatic heterocycles. The Morgan fingerprint density at radius 1 is 0.911 bits per heavy atom. The maximum absolute atomic E-state index is 13.7. The zero-order chi connectivity index (χ0) is 31.0. The van der Waals surface area contributed by atoms with E-state index in [2.05, 4.69) is 45.3 Å². The Labute approximate surface area is 274 Å². The van der Waals surface area contributed by atoms with E-state index in [1.807, 2.05) is 24.3 Å². The first kappa shape index (κ1) is 29.6. The van der Waals surface area contributed by atoms with Gasteiger partial charge in [0.2, 0.25) is 0 Å². The molecule has 7 nitrogen and oxygen atoms in total. The largest absolute Gasteiger partial charge is 0.313 e. The van der Waals surface area contributed by atoms with Crippen LogP contribution in [0.3, 0.4) is 0 Å². The number of fused-ring (bicyclic) bond motifs is 2. The van der Waals surface area contributed by atoms with E-state index in [9.17, 15) is 13.2 Å². The topological polar surface area (TPSA) is 91.4 Å². The fourth-order valence-electron chi connectivity index (χ4n) is 5.45. The van der Waals surface area contributed by atoms with Crippen LogP contribution in [0.1, 0.15) is 26.4 Å². The lowest BCUT2D eigenvalue weighted by Gasteiger charge is -2.27. The number of carbonyl (C=O) groups is 1. The van der Waals surface area contributed by atoms with E-state index in [0.29, 0.717) is 10.6 Å². The van der Waals surface area contributed by atoms with Crippen LogP contribution in [0.4, 0.5) is 10.7 Å². The van der Waals surface area contributed by atoms with Gasteiger partial charge >= 0.3 is 0 Å². The molecule has 226 valence electrons. The van der Waals surface area contributed by atoms with Gasteiger partial charge in [-0.1, -0.05) is 60.1 Å². The molecule has 6 aromatic rings. The summed E-state index contributed by atoms with van der Waals surface area (Å²) >= 11 is 9.13. The van der Waals surface area contributed by atoms with E-state index < -0.39 is 10.0 Å². The summed E-state index contributed by atoms with van der Waals surface area (Å²) in [5.74, 6) is -0.329. The lowest BCUT2D eigenvalue weighted by molar-refractivity contribution is 0.102. The van der Waals surface area contributed by atoms with Crippen molar-refractivity contribution in [2.24, 2.45) is 0 Å². The molecule has 0 fully saturated rings. The average molecular weight is 671 g/mol. The Morgan fingerprint density at radius 2 is 1.69 bits per heavy atom. The SMILES string of the molecule is O=C(Nc1sc2c(c1-c1nc3ccccc3s1)CCN(Cc1ccccc1)C2)c1cccc(NS(=O)(=O)c2ccc(Cl)cc2)c1. The minimum Gasteiger partial charge on any atom is -0.313 e. The molecule has 0 unspecified atom stereocenters. The van der Waals surface area contributed by atoms with Crippen LogP contribution in [-0.4, -0.2) is 30.8 Å². The lowest BCUT2D eigenvalue weighted by Crippen LogP contribution is -2.29. The molecule has 1 amide bonds. The second kappa shape index (κ2) is 12.4. The molecule has 0 bridgehead atoms. The highest BCUT2D eigenvalue weighted by molar-refractivity contribution is 7.92. The number of hydrogen-bond acceptors (Lipinski definition) is 7. The van der Waals surface area contributed by atoms with Crippen molar-refractivity contribution in [3.8, 4) is 10.6 Å². The summed E-state index contributed by atoms with van der Waals surface area (Å²) in [5.41, 5.74) is 5.01. The van der Waals surface area contributed by atoms with Crippen molar-refractivity contribution in [1.82, 2.24) is 9.88 Å². The molecule has 0 saturated carbocycles. The third kappa shape index (κ3) is 6.38. The average Bonchev–Trinajstić information content (AvgIpc) is 3.62. The highest BCUT2D eigenvalue weighted by atomic mass is 35.5. The Balaban J connectivity index is 1.18.